The Hall–Kier alpha value is -1.72. The maximum Gasteiger partial charge on any atom is 0.330 e. The number of anilines is 2. The Morgan fingerprint density at radius 1 is 1.26 bits per heavy atom. The number of rotatable bonds is 6. The van der Waals surface area contributed by atoms with Crippen LogP contribution in [0.3, 0.4) is 0 Å². The van der Waals surface area contributed by atoms with Crippen LogP contribution in [0.15, 0.2) is 9.59 Å². The summed E-state index contributed by atoms with van der Waals surface area (Å²) in [7, 11) is 0. The number of aromatic amines is 1. The molecule has 0 aliphatic carbocycles. The first-order valence-corrected chi connectivity index (χ1v) is 6.75. The lowest BCUT2D eigenvalue weighted by Crippen LogP contribution is -2.35. The second kappa shape index (κ2) is 6.45. The van der Waals surface area contributed by atoms with Crippen LogP contribution in [0.2, 0.25) is 0 Å². The highest BCUT2D eigenvalue weighted by atomic mass is 16.2. The summed E-state index contributed by atoms with van der Waals surface area (Å²) in [6.07, 6.45) is 2.02. The molecule has 6 nitrogen and oxygen atoms in total. The summed E-state index contributed by atoms with van der Waals surface area (Å²) in [5.41, 5.74) is 5.25. The van der Waals surface area contributed by atoms with Crippen LogP contribution >= 0.6 is 0 Å². The van der Waals surface area contributed by atoms with E-state index in [0.717, 1.165) is 12.8 Å². The molecule has 0 bridgehead atoms. The van der Waals surface area contributed by atoms with E-state index in [1.165, 1.54) is 4.57 Å². The average molecular weight is 268 g/mol. The topological polar surface area (TPSA) is 92.9 Å². The van der Waals surface area contributed by atoms with Crippen LogP contribution < -0.4 is 22.3 Å². The standard InChI is InChI=1S/C13H24N4O2/c1-5-17-11(14)10(12(18)16-13(17)19)15-9(4)7-6-8(2)3/h8-9,15H,5-7,14H2,1-4H3,(H,16,18,19)/t9-/m1/s1. The fourth-order valence-electron chi connectivity index (χ4n) is 1.94. The summed E-state index contributed by atoms with van der Waals surface area (Å²) in [6.45, 7) is 8.55. The van der Waals surface area contributed by atoms with Gasteiger partial charge in [-0.15, -0.1) is 0 Å². The first-order valence-electron chi connectivity index (χ1n) is 6.75. The molecule has 0 fully saturated rings. The molecule has 4 N–H and O–H groups in total. The van der Waals surface area contributed by atoms with E-state index in [2.05, 4.69) is 24.1 Å². The third-order valence-corrected chi connectivity index (χ3v) is 3.12. The highest BCUT2D eigenvalue weighted by molar-refractivity contribution is 5.60. The van der Waals surface area contributed by atoms with Gasteiger partial charge >= 0.3 is 5.69 Å². The Morgan fingerprint density at radius 2 is 1.89 bits per heavy atom. The van der Waals surface area contributed by atoms with E-state index in [0.29, 0.717) is 12.5 Å². The minimum atomic E-state index is -0.467. The van der Waals surface area contributed by atoms with Crippen molar-refractivity contribution in [3.8, 4) is 0 Å². The molecule has 19 heavy (non-hydrogen) atoms. The maximum atomic E-state index is 11.8. The monoisotopic (exact) mass is 268 g/mol. The molecular formula is C13H24N4O2. The van der Waals surface area contributed by atoms with Gasteiger partial charge < -0.3 is 11.1 Å². The van der Waals surface area contributed by atoms with Crippen LogP contribution in [0, 0.1) is 5.92 Å². The van der Waals surface area contributed by atoms with E-state index in [1.54, 1.807) is 0 Å². The van der Waals surface area contributed by atoms with Gasteiger partial charge in [-0.05, 0) is 32.6 Å². The van der Waals surface area contributed by atoms with Crippen molar-refractivity contribution in [1.82, 2.24) is 9.55 Å². The largest absolute Gasteiger partial charge is 0.383 e. The molecule has 1 atom stereocenters. The number of nitrogens with one attached hydrogen (secondary N) is 2. The summed E-state index contributed by atoms with van der Waals surface area (Å²) in [6, 6.07) is 0.133. The summed E-state index contributed by atoms with van der Waals surface area (Å²) in [4.78, 5) is 25.6. The quantitative estimate of drug-likeness (QED) is 0.726. The van der Waals surface area contributed by atoms with Crippen LogP contribution in [-0.4, -0.2) is 15.6 Å². The second-order valence-corrected chi connectivity index (χ2v) is 5.28. The molecule has 1 heterocycles. The number of hydrogen-bond donors (Lipinski definition) is 3. The predicted octanol–water partition coefficient (Wildman–Crippen LogP) is 1.38. The zero-order valence-electron chi connectivity index (χ0n) is 12.1. The molecule has 6 heteroatoms. The molecule has 1 aromatic heterocycles. The molecule has 0 aliphatic heterocycles. The van der Waals surface area contributed by atoms with Crippen molar-refractivity contribution < 1.29 is 0 Å². The van der Waals surface area contributed by atoms with E-state index < -0.39 is 11.2 Å². The van der Waals surface area contributed by atoms with Gasteiger partial charge in [-0.25, -0.2) is 4.79 Å². The van der Waals surface area contributed by atoms with Gasteiger partial charge in [0.25, 0.3) is 5.56 Å². The Morgan fingerprint density at radius 3 is 2.42 bits per heavy atom. The molecule has 0 unspecified atom stereocenters. The molecule has 0 amide bonds. The highest BCUT2D eigenvalue weighted by Gasteiger charge is 2.13. The fourth-order valence-corrected chi connectivity index (χ4v) is 1.94. The lowest BCUT2D eigenvalue weighted by molar-refractivity contribution is 0.527. The van der Waals surface area contributed by atoms with Crippen LogP contribution in [0.1, 0.15) is 40.5 Å². The van der Waals surface area contributed by atoms with Crippen molar-refractivity contribution in [2.45, 2.75) is 53.1 Å². The lowest BCUT2D eigenvalue weighted by Gasteiger charge is -2.18. The summed E-state index contributed by atoms with van der Waals surface area (Å²) < 4.78 is 1.35. The second-order valence-electron chi connectivity index (χ2n) is 5.28. The van der Waals surface area contributed by atoms with Gasteiger partial charge in [-0.3, -0.25) is 14.3 Å². The molecule has 1 aromatic rings. The number of nitrogen functional groups attached to an aromatic ring is 1. The van der Waals surface area contributed by atoms with Crippen LogP contribution in [0.25, 0.3) is 0 Å². The average Bonchev–Trinajstić information content (AvgIpc) is 2.32. The third kappa shape index (κ3) is 3.87. The molecule has 0 saturated carbocycles. The van der Waals surface area contributed by atoms with Gasteiger partial charge in [0.2, 0.25) is 0 Å². The zero-order valence-corrected chi connectivity index (χ0v) is 12.1. The van der Waals surface area contributed by atoms with Crippen LogP contribution in [-0.2, 0) is 6.54 Å². The van der Waals surface area contributed by atoms with E-state index >= 15 is 0 Å². The number of nitrogens with two attached hydrogens (primary N) is 1. The Bertz CT molecular complexity index is 530. The number of H-pyrrole nitrogens is 1. The van der Waals surface area contributed by atoms with E-state index in [4.69, 9.17) is 5.73 Å². The van der Waals surface area contributed by atoms with Crippen molar-refractivity contribution in [3.05, 3.63) is 20.8 Å². The maximum absolute atomic E-state index is 11.8. The molecular weight excluding hydrogens is 244 g/mol. The van der Waals surface area contributed by atoms with Gasteiger partial charge in [-0.1, -0.05) is 13.8 Å². The zero-order chi connectivity index (χ0) is 14.6. The highest BCUT2D eigenvalue weighted by Crippen LogP contribution is 2.14. The smallest absolute Gasteiger partial charge is 0.330 e. The molecule has 0 radical (unpaired) electrons. The van der Waals surface area contributed by atoms with Crippen LogP contribution in [0.4, 0.5) is 11.5 Å². The third-order valence-electron chi connectivity index (χ3n) is 3.12. The van der Waals surface area contributed by atoms with Crippen molar-refractivity contribution in [3.63, 3.8) is 0 Å². The van der Waals surface area contributed by atoms with Gasteiger partial charge in [-0.2, -0.15) is 0 Å². The normalized spacial score (nSPS) is 12.7. The predicted molar refractivity (Wildman–Crippen MR) is 78.6 cm³/mol. The van der Waals surface area contributed by atoms with E-state index in [9.17, 15) is 9.59 Å². The van der Waals surface area contributed by atoms with Gasteiger partial charge in [0.05, 0.1) is 0 Å². The van der Waals surface area contributed by atoms with Crippen molar-refractivity contribution in [2.24, 2.45) is 5.92 Å². The van der Waals surface area contributed by atoms with Gasteiger partial charge in [0.15, 0.2) is 0 Å². The van der Waals surface area contributed by atoms with Crippen molar-refractivity contribution >= 4 is 11.5 Å². The van der Waals surface area contributed by atoms with Crippen molar-refractivity contribution in [1.29, 1.82) is 0 Å². The minimum absolute atomic E-state index is 0.133. The molecule has 0 aliphatic rings. The molecule has 108 valence electrons. The first-order chi connectivity index (χ1) is 8.86. The summed E-state index contributed by atoms with van der Waals surface area (Å²) in [5.74, 6) is 0.817. The number of aromatic nitrogens is 2. The fraction of sp³-hybridized carbons (Fsp3) is 0.692. The number of hydrogen-bond acceptors (Lipinski definition) is 4. The SMILES string of the molecule is CCn1c(N)c(N[C@H](C)CCC(C)C)c(=O)[nH]c1=O. The Kier molecular flexibility index (Phi) is 5.20. The Labute approximate surface area is 113 Å². The number of nitrogens with zero attached hydrogens (tertiary/aromatic N) is 1. The molecule has 0 spiro atoms. The van der Waals surface area contributed by atoms with Crippen LogP contribution in [0.5, 0.6) is 0 Å². The Balaban J connectivity index is 2.95. The van der Waals surface area contributed by atoms with Gasteiger partial charge in [0.1, 0.15) is 11.5 Å². The molecule has 0 saturated heterocycles. The summed E-state index contributed by atoms with van der Waals surface area (Å²) in [5, 5.41) is 3.11. The van der Waals surface area contributed by atoms with E-state index in [1.807, 2.05) is 13.8 Å². The summed E-state index contributed by atoms with van der Waals surface area (Å²) >= 11 is 0. The van der Waals surface area contributed by atoms with Crippen molar-refractivity contribution in [2.75, 3.05) is 11.1 Å². The lowest BCUT2D eigenvalue weighted by atomic mass is 10.0. The minimum Gasteiger partial charge on any atom is -0.383 e. The van der Waals surface area contributed by atoms with E-state index in [-0.39, 0.29) is 17.5 Å². The molecule has 1 rings (SSSR count). The first kappa shape index (κ1) is 15.3. The van der Waals surface area contributed by atoms with Gasteiger partial charge in [0, 0.05) is 12.6 Å². The molecule has 0 aromatic carbocycles.